The molecule has 4 rings (SSSR count). The Morgan fingerprint density at radius 1 is 1.29 bits per heavy atom. The number of imidazole rings is 1. The van der Waals surface area contributed by atoms with Crippen molar-refractivity contribution in [3.8, 4) is 5.75 Å². The van der Waals surface area contributed by atoms with E-state index in [4.69, 9.17) is 35.9 Å². The van der Waals surface area contributed by atoms with Crippen molar-refractivity contribution < 1.29 is 41.8 Å². The number of esters is 1. The molecule has 3 heterocycles. The molecule has 42 heavy (non-hydrogen) atoms. The molecule has 1 fully saturated rings. The number of aliphatic hydroxyl groups excluding tert-OH is 1. The number of nitrogen functional groups attached to an aromatic ring is 1. The van der Waals surface area contributed by atoms with Crippen molar-refractivity contribution in [2.75, 3.05) is 24.7 Å². The van der Waals surface area contributed by atoms with Crippen LogP contribution in [-0.4, -0.2) is 79.9 Å². The van der Waals surface area contributed by atoms with Gasteiger partial charge in [0.2, 0.25) is 5.95 Å². The van der Waals surface area contributed by atoms with Gasteiger partial charge < -0.3 is 30.2 Å². The number of anilines is 2. The predicted octanol–water partition coefficient (Wildman–Crippen LogP) is 3.08. The van der Waals surface area contributed by atoms with Gasteiger partial charge in [0.05, 0.1) is 19.0 Å². The summed E-state index contributed by atoms with van der Waals surface area (Å²) in [6.45, 7) is 3.92. The molecule has 1 unspecified atom stereocenters. The number of rotatable bonds is 12. The second-order valence-electron chi connectivity index (χ2n) is 9.64. The van der Waals surface area contributed by atoms with Crippen molar-refractivity contribution in [2.24, 2.45) is 0 Å². The summed E-state index contributed by atoms with van der Waals surface area (Å²) >= 11 is 6.38. The van der Waals surface area contributed by atoms with Crippen molar-refractivity contribution in [3.63, 3.8) is 0 Å². The largest absolute Gasteiger partial charge is 0.462 e. The van der Waals surface area contributed by atoms with Gasteiger partial charge in [-0.15, -0.1) is 11.6 Å². The summed E-state index contributed by atoms with van der Waals surface area (Å²) in [5.41, 5.74) is 5.97. The smallest absolute Gasteiger partial charge is 0.459 e. The van der Waals surface area contributed by atoms with Crippen LogP contribution in [0.25, 0.3) is 11.2 Å². The van der Waals surface area contributed by atoms with Crippen LogP contribution in [0.5, 0.6) is 5.75 Å². The Morgan fingerprint density at radius 3 is 2.60 bits per heavy atom. The van der Waals surface area contributed by atoms with Crippen LogP contribution in [0.1, 0.15) is 27.0 Å². The van der Waals surface area contributed by atoms with E-state index in [0.717, 1.165) is 10.9 Å². The number of hydrogen-bond acceptors (Lipinski definition) is 12. The Kier molecular flexibility index (Phi) is 9.55. The summed E-state index contributed by atoms with van der Waals surface area (Å²) in [4.78, 5) is 21.9. The number of nitrogens with two attached hydrogens (primary N) is 1. The molecule has 1 saturated heterocycles. The summed E-state index contributed by atoms with van der Waals surface area (Å²) in [6, 6.07) is 6.73. The zero-order valence-corrected chi connectivity index (χ0v) is 24.6. The first-order valence-electron chi connectivity index (χ1n) is 12.7. The summed E-state index contributed by atoms with van der Waals surface area (Å²) in [7, 11) is -2.86. The van der Waals surface area contributed by atoms with Gasteiger partial charge in [-0.2, -0.15) is 15.1 Å². The zero-order chi connectivity index (χ0) is 30.8. The number of aromatic nitrogens is 4. The first-order valence-corrected chi connectivity index (χ1v) is 14.7. The maximum atomic E-state index is 14.5. The van der Waals surface area contributed by atoms with E-state index in [1.807, 2.05) is 0 Å². The lowest BCUT2D eigenvalue weighted by Gasteiger charge is -2.29. The first kappa shape index (κ1) is 31.8. The van der Waals surface area contributed by atoms with Crippen LogP contribution < -0.4 is 20.7 Å². The average Bonchev–Trinajstić information content (AvgIpc) is 3.45. The predicted molar refractivity (Wildman–Crippen MR) is 148 cm³/mol. The number of hydrogen-bond donors (Lipinski definition) is 4. The molecule has 0 bridgehead atoms. The van der Waals surface area contributed by atoms with Gasteiger partial charge in [0.1, 0.15) is 24.0 Å². The Bertz CT molecular complexity index is 1450. The molecule has 0 amide bonds. The van der Waals surface area contributed by atoms with Gasteiger partial charge >= 0.3 is 13.7 Å². The molecule has 0 radical (unpaired) electrons. The van der Waals surface area contributed by atoms with Crippen LogP contribution in [-0.2, 0) is 23.4 Å². The highest BCUT2D eigenvalue weighted by molar-refractivity contribution is 7.52. The van der Waals surface area contributed by atoms with Gasteiger partial charge in [-0.25, -0.2) is 18.3 Å². The van der Waals surface area contributed by atoms with Gasteiger partial charge in [-0.05, 0) is 32.9 Å². The maximum Gasteiger partial charge on any atom is 0.459 e. The number of nitrogens with one attached hydrogen (secondary N) is 2. The Morgan fingerprint density at radius 2 is 1.98 bits per heavy atom. The van der Waals surface area contributed by atoms with Crippen LogP contribution >= 0.6 is 19.3 Å². The van der Waals surface area contributed by atoms with Crippen LogP contribution in [0.4, 0.5) is 20.5 Å². The van der Waals surface area contributed by atoms with Gasteiger partial charge in [0.25, 0.3) is 6.43 Å². The number of para-hydroxylation sites is 1. The number of ether oxygens (including phenoxy) is 2. The van der Waals surface area contributed by atoms with E-state index >= 15 is 0 Å². The number of nitrogens with zero attached hydrogens (tertiary/aromatic N) is 4. The number of benzene rings is 1. The maximum absolute atomic E-state index is 14.5. The van der Waals surface area contributed by atoms with Crippen LogP contribution in [0.3, 0.4) is 0 Å². The van der Waals surface area contributed by atoms with Crippen LogP contribution in [0.15, 0.2) is 36.7 Å². The molecule has 0 aliphatic carbocycles. The first-order chi connectivity index (χ1) is 19.8. The van der Waals surface area contributed by atoms with Gasteiger partial charge in [-0.3, -0.25) is 13.9 Å². The molecule has 230 valence electrons. The lowest BCUT2D eigenvalue weighted by molar-refractivity contribution is -0.149. The number of carbonyl (C=O) groups excluding carboxylic acids is 1. The van der Waals surface area contributed by atoms with E-state index in [1.165, 1.54) is 19.1 Å². The molecule has 1 aliphatic rings. The third-order valence-electron chi connectivity index (χ3n) is 6.19. The fraction of sp³-hybridized carbons (Fsp3) is 0.500. The highest BCUT2D eigenvalue weighted by atomic mass is 35.5. The normalized spacial score (nSPS) is 24.6. The van der Waals surface area contributed by atoms with E-state index < -0.39 is 62.2 Å². The lowest BCUT2D eigenvalue weighted by atomic mass is 9.99. The zero-order valence-electron chi connectivity index (χ0n) is 23.0. The molecule has 3 aromatic rings. The monoisotopic (exact) mass is 633 g/mol. The minimum atomic E-state index is -4.41. The quantitative estimate of drug-likeness (QED) is 0.130. The SMILES string of the molecule is CNc1nc(N)nc2c1ncn2[C@@H]1O[C@H](COP(=O)(N[C@@H](C)C(=O)OC(C)C)Oc2ccccc2)[C@@H](O)[C@]1(Cl)C(F)F. The van der Waals surface area contributed by atoms with Crippen molar-refractivity contribution >= 4 is 48.2 Å². The second kappa shape index (κ2) is 12.6. The number of halogens is 3. The van der Waals surface area contributed by atoms with E-state index in [0.29, 0.717) is 0 Å². The minimum absolute atomic E-state index is 0.00790. The van der Waals surface area contributed by atoms with Gasteiger partial charge in [-0.1, -0.05) is 18.2 Å². The van der Waals surface area contributed by atoms with Crippen molar-refractivity contribution in [1.29, 1.82) is 0 Å². The molecular formula is C24H31ClF2N7O7P. The van der Waals surface area contributed by atoms with Crippen molar-refractivity contribution in [2.45, 2.75) is 62.7 Å². The van der Waals surface area contributed by atoms with Crippen LogP contribution in [0, 0.1) is 0 Å². The molecule has 0 spiro atoms. The number of fused-ring (bicyclic) bond motifs is 1. The summed E-state index contributed by atoms with van der Waals surface area (Å²) in [5, 5.41) is 16.2. The van der Waals surface area contributed by atoms with Crippen molar-refractivity contribution in [1.82, 2.24) is 24.6 Å². The average molecular weight is 634 g/mol. The topological polar surface area (TPSA) is 185 Å². The molecule has 14 nitrogen and oxygen atoms in total. The number of alkyl halides is 3. The Labute approximate surface area is 244 Å². The molecule has 0 saturated carbocycles. The third-order valence-corrected chi connectivity index (χ3v) is 8.40. The molecule has 1 aliphatic heterocycles. The highest BCUT2D eigenvalue weighted by Gasteiger charge is 2.62. The molecule has 6 atom stereocenters. The van der Waals surface area contributed by atoms with Gasteiger partial charge in [0, 0.05) is 7.05 Å². The molecule has 2 aromatic heterocycles. The fourth-order valence-corrected chi connectivity index (χ4v) is 6.01. The van der Waals surface area contributed by atoms with E-state index in [2.05, 4.69) is 25.4 Å². The van der Waals surface area contributed by atoms with E-state index in [1.54, 1.807) is 39.1 Å². The summed E-state index contributed by atoms with van der Waals surface area (Å²) in [5.74, 6) is -0.582. The van der Waals surface area contributed by atoms with Gasteiger partial charge in [0.15, 0.2) is 28.1 Å². The number of carbonyl (C=O) groups is 1. The Hall–Kier alpha value is -3.14. The summed E-state index contributed by atoms with van der Waals surface area (Å²) in [6.07, 6.45) is -7.94. The second-order valence-corrected chi connectivity index (χ2v) is 12.0. The highest BCUT2D eigenvalue weighted by Crippen LogP contribution is 2.51. The fourth-order valence-electron chi connectivity index (χ4n) is 4.21. The third kappa shape index (κ3) is 6.43. The van der Waals surface area contributed by atoms with Crippen molar-refractivity contribution in [3.05, 3.63) is 36.7 Å². The molecule has 18 heteroatoms. The standard InChI is InChI=1S/C24H31ClF2N7O7P/c1-12(2)39-20(36)13(3)33-42(37,41-14-8-6-5-7-9-14)38-10-15-17(35)24(25,21(26)27)22(40-15)34-11-30-16-18(29-4)31-23(28)32-19(16)34/h5-9,11-13,15,17,21-22,35H,10H2,1-4H3,(H,33,37)(H3,28,29,31,32)/t13-,15+,17+,22+,24-,42?/m0/s1. The van der Waals surface area contributed by atoms with Crippen LogP contribution in [0.2, 0.25) is 0 Å². The Balaban J connectivity index is 1.62. The number of aliphatic hydroxyl groups is 1. The lowest BCUT2D eigenvalue weighted by Crippen LogP contribution is -2.48. The van der Waals surface area contributed by atoms with E-state index in [9.17, 15) is 23.2 Å². The van der Waals surface area contributed by atoms with E-state index in [-0.39, 0.29) is 28.7 Å². The summed E-state index contributed by atoms with van der Waals surface area (Å²) < 4.78 is 65.9. The molecule has 5 N–H and O–H groups in total. The molecular weight excluding hydrogens is 603 g/mol. The minimum Gasteiger partial charge on any atom is -0.462 e. The molecule has 1 aromatic carbocycles.